The molecule has 1 saturated heterocycles. The molecule has 0 saturated carbocycles. The highest BCUT2D eigenvalue weighted by Crippen LogP contribution is 2.21. The van der Waals surface area contributed by atoms with E-state index in [9.17, 15) is 14.4 Å². The van der Waals surface area contributed by atoms with Gasteiger partial charge in [0.05, 0.1) is 18.8 Å². The Morgan fingerprint density at radius 3 is 2.32 bits per heavy atom. The summed E-state index contributed by atoms with van der Waals surface area (Å²) < 4.78 is 10.4. The zero-order valence-corrected chi connectivity index (χ0v) is 17.5. The summed E-state index contributed by atoms with van der Waals surface area (Å²) in [4.78, 5) is 43.8. The van der Waals surface area contributed by atoms with E-state index in [0.717, 1.165) is 0 Å². The second kappa shape index (κ2) is 9.61. The summed E-state index contributed by atoms with van der Waals surface area (Å²) in [7, 11) is 0. The Balaban J connectivity index is 2.06. The highest BCUT2D eigenvalue weighted by molar-refractivity contribution is 6.00. The van der Waals surface area contributed by atoms with Gasteiger partial charge in [-0.1, -0.05) is 13.8 Å². The van der Waals surface area contributed by atoms with Crippen molar-refractivity contribution in [3.63, 3.8) is 0 Å². The smallest absolute Gasteiger partial charge is 0.409 e. The van der Waals surface area contributed by atoms with Crippen LogP contribution in [0.3, 0.4) is 0 Å². The van der Waals surface area contributed by atoms with Crippen molar-refractivity contribution in [2.24, 2.45) is 5.92 Å². The lowest BCUT2D eigenvalue weighted by Gasteiger charge is -2.22. The van der Waals surface area contributed by atoms with Crippen LogP contribution in [-0.2, 0) is 9.47 Å². The first-order valence-corrected chi connectivity index (χ1v) is 9.83. The standard InChI is InChI=1S/C20H31N3O5/c1-6-27-19(25)16-14(4)17(21-15(16)5)18(24)22-8-7-9-23(11-10-22)20(26)28-12-13(2)3/h13,21H,6-12H2,1-5H3. The number of aryl methyl sites for hydroxylation is 1. The van der Waals surface area contributed by atoms with Crippen molar-refractivity contribution >= 4 is 18.0 Å². The Hall–Kier alpha value is -2.51. The van der Waals surface area contributed by atoms with Gasteiger partial charge in [-0.25, -0.2) is 9.59 Å². The summed E-state index contributed by atoms with van der Waals surface area (Å²) in [6.45, 7) is 11.8. The Labute approximate surface area is 166 Å². The highest BCUT2D eigenvalue weighted by Gasteiger charge is 2.28. The fraction of sp³-hybridized carbons (Fsp3) is 0.650. The lowest BCUT2D eigenvalue weighted by molar-refractivity contribution is 0.0525. The molecular weight excluding hydrogens is 362 g/mol. The van der Waals surface area contributed by atoms with E-state index in [2.05, 4.69) is 4.98 Å². The van der Waals surface area contributed by atoms with E-state index >= 15 is 0 Å². The molecule has 1 aromatic rings. The molecule has 8 heteroatoms. The molecule has 0 bridgehead atoms. The van der Waals surface area contributed by atoms with Crippen LogP contribution in [-0.4, -0.2) is 72.1 Å². The fourth-order valence-corrected chi connectivity index (χ4v) is 3.26. The normalized spacial score (nSPS) is 14.8. The minimum atomic E-state index is -0.428. The summed E-state index contributed by atoms with van der Waals surface area (Å²) in [6, 6.07) is 0. The lowest BCUT2D eigenvalue weighted by atomic mass is 10.1. The molecule has 8 nitrogen and oxygen atoms in total. The van der Waals surface area contributed by atoms with Crippen molar-refractivity contribution in [2.75, 3.05) is 39.4 Å². The van der Waals surface area contributed by atoms with E-state index in [1.807, 2.05) is 13.8 Å². The number of amides is 2. The number of hydrogen-bond donors (Lipinski definition) is 1. The third-order valence-electron chi connectivity index (χ3n) is 4.71. The first kappa shape index (κ1) is 21.8. The molecule has 0 atom stereocenters. The zero-order valence-electron chi connectivity index (χ0n) is 17.5. The summed E-state index contributed by atoms with van der Waals surface area (Å²) in [5.74, 6) is -0.321. The summed E-state index contributed by atoms with van der Waals surface area (Å²) in [6.07, 6.45) is 0.339. The number of ether oxygens (including phenoxy) is 2. The summed E-state index contributed by atoms with van der Waals surface area (Å²) in [5.41, 5.74) is 2.03. The van der Waals surface area contributed by atoms with Crippen LogP contribution in [0.4, 0.5) is 4.79 Å². The van der Waals surface area contributed by atoms with Crippen LogP contribution in [0.5, 0.6) is 0 Å². The van der Waals surface area contributed by atoms with Gasteiger partial charge in [-0.05, 0) is 38.7 Å². The third-order valence-corrected chi connectivity index (χ3v) is 4.71. The number of nitrogens with one attached hydrogen (secondary N) is 1. The molecule has 0 aliphatic carbocycles. The van der Waals surface area contributed by atoms with Crippen molar-refractivity contribution < 1.29 is 23.9 Å². The Bertz CT molecular complexity index is 726. The van der Waals surface area contributed by atoms with Crippen LogP contribution >= 0.6 is 0 Å². The molecule has 0 radical (unpaired) electrons. The molecule has 2 rings (SSSR count). The molecule has 1 N–H and O–H groups in total. The Kier molecular flexibility index (Phi) is 7.48. The third kappa shape index (κ3) is 5.05. The van der Waals surface area contributed by atoms with Gasteiger partial charge < -0.3 is 24.3 Å². The first-order valence-electron chi connectivity index (χ1n) is 9.83. The van der Waals surface area contributed by atoms with E-state index in [1.165, 1.54) is 0 Å². The molecule has 2 heterocycles. The number of hydrogen-bond acceptors (Lipinski definition) is 5. The average Bonchev–Trinajstić information content (AvgIpc) is 2.81. The molecule has 2 amide bonds. The number of carbonyl (C=O) groups is 3. The summed E-state index contributed by atoms with van der Waals surface area (Å²) >= 11 is 0. The van der Waals surface area contributed by atoms with E-state index in [0.29, 0.717) is 61.7 Å². The average molecular weight is 393 g/mol. The van der Waals surface area contributed by atoms with Crippen molar-refractivity contribution in [1.29, 1.82) is 0 Å². The van der Waals surface area contributed by atoms with Crippen molar-refractivity contribution in [3.05, 3.63) is 22.5 Å². The zero-order chi connectivity index (χ0) is 20.8. The van der Waals surface area contributed by atoms with Crippen LogP contribution in [0.25, 0.3) is 0 Å². The number of aromatic nitrogens is 1. The van der Waals surface area contributed by atoms with Gasteiger partial charge in [-0.2, -0.15) is 0 Å². The van der Waals surface area contributed by atoms with Gasteiger partial charge in [0, 0.05) is 31.9 Å². The fourth-order valence-electron chi connectivity index (χ4n) is 3.26. The molecule has 156 valence electrons. The van der Waals surface area contributed by atoms with Gasteiger partial charge in [0.25, 0.3) is 5.91 Å². The number of esters is 1. The molecule has 1 aromatic heterocycles. The SMILES string of the molecule is CCOC(=O)c1c(C)[nH]c(C(=O)N2CCCN(C(=O)OCC(C)C)CC2)c1C. The van der Waals surface area contributed by atoms with E-state index in [4.69, 9.17) is 9.47 Å². The van der Waals surface area contributed by atoms with Gasteiger partial charge in [0.1, 0.15) is 5.69 Å². The van der Waals surface area contributed by atoms with Crippen molar-refractivity contribution in [2.45, 2.75) is 41.0 Å². The largest absolute Gasteiger partial charge is 0.462 e. The topological polar surface area (TPSA) is 91.9 Å². The van der Waals surface area contributed by atoms with Crippen molar-refractivity contribution in [3.8, 4) is 0 Å². The Morgan fingerprint density at radius 1 is 1.04 bits per heavy atom. The molecule has 1 fully saturated rings. The van der Waals surface area contributed by atoms with Crippen LogP contribution in [0.2, 0.25) is 0 Å². The number of carbonyl (C=O) groups excluding carboxylic acids is 3. The second-order valence-electron chi connectivity index (χ2n) is 7.45. The number of H-pyrrole nitrogens is 1. The number of aromatic amines is 1. The maximum Gasteiger partial charge on any atom is 0.409 e. The minimum Gasteiger partial charge on any atom is -0.462 e. The van der Waals surface area contributed by atoms with Crippen LogP contribution in [0, 0.1) is 19.8 Å². The second-order valence-corrected chi connectivity index (χ2v) is 7.45. The molecular formula is C20H31N3O5. The van der Waals surface area contributed by atoms with Gasteiger partial charge in [0.15, 0.2) is 0 Å². The van der Waals surface area contributed by atoms with E-state index in [-0.39, 0.29) is 24.5 Å². The van der Waals surface area contributed by atoms with Gasteiger partial charge >= 0.3 is 12.1 Å². The predicted molar refractivity (Wildman–Crippen MR) is 105 cm³/mol. The van der Waals surface area contributed by atoms with Crippen molar-refractivity contribution in [1.82, 2.24) is 14.8 Å². The van der Waals surface area contributed by atoms with Gasteiger partial charge in [0.2, 0.25) is 0 Å². The van der Waals surface area contributed by atoms with Crippen LogP contribution < -0.4 is 0 Å². The summed E-state index contributed by atoms with van der Waals surface area (Å²) in [5, 5.41) is 0. The first-order chi connectivity index (χ1) is 13.3. The molecule has 0 unspecified atom stereocenters. The molecule has 1 aliphatic rings. The Morgan fingerprint density at radius 2 is 1.68 bits per heavy atom. The van der Waals surface area contributed by atoms with Gasteiger partial charge in [-0.3, -0.25) is 4.79 Å². The van der Waals surface area contributed by atoms with Gasteiger partial charge in [-0.15, -0.1) is 0 Å². The molecule has 0 spiro atoms. The quantitative estimate of drug-likeness (QED) is 0.777. The van der Waals surface area contributed by atoms with Crippen LogP contribution in [0.15, 0.2) is 0 Å². The predicted octanol–water partition coefficient (Wildman–Crippen LogP) is 2.75. The van der Waals surface area contributed by atoms with Crippen LogP contribution in [0.1, 0.15) is 59.3 Å². The monoisotopic (exact) mass is 393 g/mol. The molecule has 0 aromatic carbocycles. The van der Waals surface area contributed by atoms with E-state index < -0.39 is 5.97 Å². The highest BCUT2D eigenvalue weighted by atomic mass is 16.6. The minimum absolute atomic E-state index is 0.173. The number of nitrogens with zero attached hydrogens (tertiary/aromatic N) is 2. The maximum atomic E-state index is 13.0. The maximum absolute atomic E-state index is 13.0. The lowest BCUT2D eigenvalue weighted by Crippen LogP contribution is -2.38. The van der Waals surface area contributed by atoms with E-state index in [1.54, 1.807) is 30.6 Å². The molecule has 28 heavy (non-hydrogen) atoms. The number of rotatable bonds is 5. The molecule has 1 aliphatic heterocycles.